The second-order valence-corrected chi connectivity index (χ2v) is 9.26. The molecule has 0 radical (unpaired) electrons. The minimum atomic E-state index is -3.41. The van der Waals surface area contributed by atoms with E-state index in [1.807, 2.05) is 7.05 Å². The average Bonchev–Trinajstić information content (AvgIpc) is 3.10. The number of aromatic nitrogens is 2. The molecule has 10 nitrogen and oxygen atoms in total. The molecule has 3 rings (SSSR count). The van der Waals surface area contributed by atoms with E-state index in [0.29, 0.717) is 17.8 Å². The van der Waals surface area contributed by atoms with Gasteiger partial charge in [0.15, 0.2) is 9.84 Å². The Bertz CT molecular complexity index is 1060. The van der Waals surface area contributed by atoms with E-state index in [1.54, 1.807) is 6.07 Å². The molecule has 30 heavy (non-hydrogen) atoms. The maximum atomic E-state index is 12.8. The van der Waals surface area contributed by atoms with Crippen molar-refractivity contribution < 1.29 is 22.7 Å². The minimum Gasteiger partial charge on any atom is -0.447 e. The lowest BCUT2D eigenvalue weighted by Gasteiger charge is -2.18. The zero-order chi connectivity index (χ0) is 21.9. The SMILES string of the molecule is CCS(=O)(=O)c1ccc([C@H](COC(N)=O)NC(=O)c2cnc3c(c2)CN(C)C3)nc1. The summed E-state index contributed by atoms with van der Waals surface area (Å²) in [6.45, 7) is 2.71. The fraction of sp³-hybridized carbons (Fsp3) is 0.368. The number of nitrogens with one attached hydrogen (secondary N) is 1. The molecule has 160 valence electrons. The van der Waals surface area contributed by atoms with E-state index >= 15 is 0 Å². The number of fused-ring (bicyclic) bond motifs is 1. The van der Waals surface area contributed by atoms with Gasteiger partial charge in [0.2, 0.25) is 0 Å². The molecule has 0 aliphatic carbocycles. The van der Waals surface area contributed by atoms with E-state index in [1.165, 1.54) is 31.5 Å². The van der Waals surface area contributed by atoms with Crippen molar-refractivity contribution in [2.75, 3.05) is 19.4 Å². The summed E-state index contributed by atoms with van der Waals surface area (Å²) >= 11 is 0. The first kappa shape index (κ1) is 21.7. The van der Waals surface area contributed by atoms with Gasteiger partial charge in [-0.3, -0.25) is 19.7 Å². The normalized spacial score (nSPS) is 14.7. The van der Waals surface area contributed by atoms with E-state index in [9.17, 15) is 18.0 Å². The average molecular weight is 433 g/mol. The standard InChI is InChI=1S/C19H23N5O5S/c1-3-30(27,28)14-4-5-15(22-8-14)17(11-29-19(20)26)23-18(25)12-6-13-9-24(2)10-16(13)21-7-12/h4-8,17H,3,9-11H2,1-2H3,(H2,20,26)(H,23,25)/t17-/m0/s1. The molecular formula is C19H23N5O5S. The number of hydrogen-bond donors (Lipinski definition) is 2. The molecule has 1 aliphatic heterocycles. The number of amides is 2. The maximum Gasteiger partial charge on any atom is 0.404 e. The van der Waals surface area contributed by atoms with Gasteiger partial charge in [-0.1, -0.05) is 6.92 Å². The van der Waals surface area contributed by atoms with Crippen molar-refractivity contribution in [3.8, 4) is 0 Å². The lowest BCUT2D eigenvalue weighted by Crippen LogP contribution is -2.33. The molecule has 0 saturated heterocycles. The largest absolute Gasteiger partial charge is 0.447 e. The van der Waals surface area contributed by atoms with Crippen molar-refractivity contribution >= 4 is 21.8 Å². The second-order valence-electron chi connectivity index (χ2n) is 6.98. The van der Waals surface area contributed by atoms with E-state index in [2.05, 4.69) is 20.2 Å². The summed E-state index contributed by atoms with van der Waals surface area (Å²) < 4.78 is 28.8. The highest BCUT2D eigenvalue weighted by atomic mass is 32.2. The highest BCUT2D eigenvalue weighted by Gasteiger charge is 2.23. The lowest BCUT2D eigenvalue weighted by molar-refractivity contribution is 0.0896. The molecule has 0 saturated carbocycles. The molecule has 0 bridgehead atoms. The van der Waals surface area contributed by atoms with Crippen LogP contribution >= 0.6 is 0 Å². The Hall–Kier alpha value is -3.05. The van der Waals surface area contributed by atoms with Gasteiger partial charge in [-0.15, -0.1) is 0 Å². The molecule has 0 spiro atoms. The number of carbonyl (C=O) groups is 2. The van der Waals surface area contributed by atoms with Crippen LogP contribution in [-0.2, 0) is 27.7 Å². The van der Waals surface area contributed by atoms with Gasteiger partial charge < -0.3 is 15.8 Å². The number of carbonyl (C=O) groups excluding carboxylic acids is 2. The molecule has 0 unspecified atom stereocenters. The van der Waals surface area contributed by atoms with Crippen LogP contribution in [0, 0.1) is 0 Å². The monoisotopic (exact) mass is 433 g/mol. The van der Waals surface area contributed by atoms with Crippen LogP contribution in [0.5, 0.6) is 0 Å². The molecule has 1 atom stereocenters. The topological polar surface area (TPSA) is 145 Å². The van der Waals surface area contributed by atoms with Gasteiger partial charge in [0.25, 0.3) is 5.91 Å². The number of nitrogens with two attached hydrogens (primary N) is 1. The predicted molar refractivity (Wildman–Crippen MR) is 107 cm³/mol. The highest BCUT2D eigenvalue weighted by Crippen LogP contribution is 2.21. The molecule has 0 aromatic carbocycles. The van der Waals surface area contributed by atoms with Gasteiger partial charge in [-0.2, -0.15) is 0 Å². The fourth-order valence-corrected chi connectivity index (χ4v) is 3.92. The maximum absolute atomic E-state index is 12.8. The highest BCUT2D eigenvalue weighted by molar-refractivity contribution is 7.91. The number of primary amides is 1. The van der Waals surface area contributed by atoms with E-state index < -0.39 is 27.9 Å². The van der Waals surface area contributed by atoms with Gasteiger partial charge >= 0.3 is 6.09 Å². The first-order chi connectivity index (χ1) is 14.2. The first-order valence-electron chi connectivity index (χ1n) is 9.27. The lowest BCUT2D eigenvalue weighted by atomic mass is 10.1. The molecule has 11 heteroatoms. The van der Waals surface area contributed by atoms with Crippen LogP contribution < -0.4 is 11.1 Å². The third-order valence-electron chi connectivity index (χ3n) is 4.73. The molecule has 2 aromatic heterocycles. The number of ether oxygens (including phenoxy) is 1. The van der Waals surface area contributed by atoms with Crippen molar-refractivity contribution in [2.24, 2.45) is 5.73 Å². The van der Waals surface area contributed by atoms with Crippen LogP contribution in [0.2, 0.25) is 0 Å². The van der Waals surface area contributed by atoms with Crippen LogP contribution in [0.3, 0.4) is 0 Å². The summed E-state index contributed by atoms with van der Waals surface area (Å²) in [5.74, 6) is -0.482. The van der Waals surface area contributed by atoms with Crippen LogP contribution in [0.25, 0.3) is 0 Å². The molecule has 0 fully saturated rings. The van der Waals surface area contributed by atoms with Gasteiger partial charge in [0.05, 0.1) is 27.6 Å². The van der Waals surface area contributed by atoms with Crippen LogP contribution in [0.1, 0.15) is 40.3 Å². The molecule has 3 heterocycles. The first-order valence-corrected chi connectivity index (χ1v) is 10.9. The van der Waals surface area contributed by atoms with Crippen molar-refractivity contribution in [1.82, 2.24) is 20.2 Å². The number of hydrogen-bond acceptors (Lipinski definition) is 8. The van der Waals surface area contributed by atoms with Gasteiger partial charge in [-0.25, -0.2) is 13.2 Å². The van der Waals surface area contributed by atoms with Gasteiger partial charge in [0, 0.05) is 25.5 Å². The van der Waals surface area contributed by atoms with Crippen LogP contribution in [0.4, 0.5) is 4.79 Å². The summed E-state index contributed by atoms with van der Waals surface area (Å²) in [5, 5.41) is 2.74. The van der Waals surface area contributed by atoms with Crippen molar-refractivity contribution in [3.05, 3.63) is 53.1 Å². The Morgan fingerprint density at radius 1 is 1.27 bits per heavy atom. The molecular weight excluding hydrogens is 410 g/mol. The Labute approximate surface area is 174 Å². The summed E-state index contributed by atoms with van der Waals surface area (Å²) in [4.78, 5) is 34.4. The summed E-state index contributed by atoms with van der Waals surface area (Å²) in [5.41, 5.74) is 7.64. The minimum absolute atomic E-state index is 0.0561. The van der Waals surface area contributed by atoms with Crippen molar-refractivity contribution in [3.63, 3.8) is 0 Å². The quantitative estimate of drug-likeness (QED) is 0.652. The van der Waals surface area contributed by atoms with Crippen LogP contribution in [-0.4, -0.2) is 54.7 Å². The Kier molecular flexibility index (Phi) is 6.32. The number of nitrogens with zero attached hydrogens (tertiary/aromatic N) is 3. The van der Waals surface area contributed by atoms with E-state index in [4.69, 9.17) is 10.5 Å². The molecule has 3 N–H and O–H groups in total. The van der Waals surface area contributed by atoms with Crippen LogP contribution in [0.15, 0.2) is 35.5 Å². The van der Waals surface area contributed by atoms with Gasteiger partial charge in [0.1, 0.15) is 12.6 Å². The fourth-order valence-electron chi connectivity index (χ4n) is 3.10. The number of pyridine rings is 2. The Balaban J connectivity index is 1.81. The second kappa shape index (κ2) is 8.76. The molecule has 2 aromatic rings. The third kappa shape index (κ3) is 4.92. The third-order valence-corrected chi connectivity index (χ3v) is 6.45. The summed E-state index contributed by atoms with van der Waals surface area (Å²) in [7, 11) is -1.45. The Morgan fingerprint density at radius 3 is 2.67 bits per heavy atom. The van der Waals surface area contributed by atoms with Crippen molar-refractivity contribution in [1.29, 1.82) is 0 Å². The molecule has 1 aliphatic rings. The number of sulfone groups is 1. The van der Waals surface area contributed by atoms with Crippen molar-refractivity contribution in [2.45, 2.75) is 31.0 Å². The zero-order valence-electron chi connectivity index (χ0n) is 16.7. The number of rotatable bonds is 7. The smallest absolute Gasteiger partial charge is 0.404 e. The van der Waals surface area contributed by atoms with E-state index in [0.717, 1.165) is 17.8 Å². The van der Waals surface area contributed by atoms with E-state index in [-0.39, 0.29) is 17.3 Å². The van der Waals surface area contributed by atoms with Gasteiger partial charge in [-0.05, 0) is 30.8 Å². The zero-order valence-corrected chi connectivity index (χ0v) is 17.5. The Morgan fingerprint density at radius 2 is 2.03 bits per heavy atom. The molecule has 2 amide bonds. The summed E-state index contributed by atoms with van der Waals surface area (Å²) in [6, 6.07) is 3.82. The predicted octanol–water partition coefficient (Wildman–Crippen LogP) is 0.782. The summed E-state index contributed by atoms with van der Waals surface area (Å²) in [6.07, 6.45) is 1.70.